The Morgan fingerprint density at radius 1 is 1.47 bits per heavy atom. The molecule has 1 aromatic rings. The molecule has 19 heavy (non-hydrogen) atoms. The van der Waals surface area contributed by atoms with Crippen LogP contribution in [0.4, 0.5) is 0 Å². The van der Waals surface area contributed by atoms with Gasteiger partial charge in [-0.1, -0.05) is 35.0 Å². The highest BCUT2D eigenvalue weighted by Crippen LogP contribution is 2.35. The molecule has 3 atom stereocenters. The Kier molecular flexibility index (Phi) is 4.99. The molecule has 0 saturated carbocycles. The number of hydrogen-bond donors (Lipinski definition) is 1. The number of ether oxygens (including phenoxy) is 1. The van der Waals surface area contributed by atoms with Crippen LogP contribution in [0.5, 0.6) is 0 Å². The summed E-state index contributed by atoms with van der Waals surface area (Å²) in [6, 6.07) is 7.97. The van der Waals surface area contributed by atoms with E-state index in [0.717, 1.165) is 29.5 Å². The van der Waals surface area contributed by atoms with E-state index in [1.54, 1.807) is 0 Å². The van der Waals surface area contributed by atoms with Crippen molar-refractivity contribution in [3.05, 3.63) is 34.3 Å². The van der Waals surface area contributed by atoms with Crippen LogP contribution in [0, 0.1) is 5.92 Å². The van der Waals surface area contributed by atoms with Gasteiger partial charge in [-0.15, -0.1) is 0 Å². The van der Waals surface area contributed by atoms with Crippen LogP contribution in [0.2, 0.25) is 0 Å². The van der Waals surface area contributed by atoms with Crippen molar-refractivity contribution in [3.8, 4) is 0 Å². The number of benzene rings is 1. The van der Waals surface area contributed by atoms with Gasteiger partial charge in [0, 0.05) is 10.4 Å². The van der Waals surface area contributed by atoms with E-state index in [-0.39, 0.29) is 12.3 Å². The molecule has 4 heteroatoms. The number of halogens is 1. The summed E-state index contributed by atoms with van der Waals surface area (Å²) in [5, 5.41) is 9.09. The number of hydrogen-bond acceptors (Lipinski definition) is 2. The molecule has 104 valence electrons. The van der Waals surface area contributed by atoms with Crippen LogP contribution in [0.25, 0.3) is 0 Å². The van der Waals surface area contributed by atoms with Crippen LogP contribution < -0.4 is 0 Å². The summed E-state index contributed by atoms with van der Waals surface area (Å²) in [6.07, 6.45) is 2.40. The SMILES string of the molecule is CCC1OCC1CC(CC(=O)O)c1ccc(Br)cc1. The van der Waals surface area contributed by atoms with E-state index in [1.165, 1.54) is 0 Å². The first kappa shape index (κ1) is 14.5. The maximum absolute atomic E-state index is 11.0. The molecule has 0 aromatic heterocycles. The Bertz CT molecular complexity index is 428. The molecule has 1 aliphatic heterocycles. The van der Waals surface area contributed by atoms with Crippen molar-refractivity contribution in [2.24, 2.45) is 5.92 Å². The number of carbonyl (C=O) groups is 1. The Morgan fingerprint density at radius 2 is 2.16 bits per heavy atom. The minimum Gasteiger partial charge on any atom is -0.481 e. The molecule has 0 bridgehead atoms. The first-order chi connectivity index (χ1) is 9.10. The van der Waals surface area contributed by atoms with Gasteiger partial charge >= 0.3 is 5.97 Å². The minimum atomic E-state index is -0.735. The summed E-state index contributed by atoms with van der Waals surface area (Å²) in [4.78, 5) is 11.0. The second kappa shape index (κ2) is 6.53. The van der Waals surface area contributed by atoms with Crippen molar-refractivity contribution in [1.82, 2.24) is 0 Å². The molecule has 1 fully saturated rings. The normalized spacial score (nSPS) is 23.7. The third-order valence-corrected chi connectivity index (χ3v) is 4.33. The highest BCUT2D eigenvalue weighted by Gasteiger charge is 2.33. The molecule has 0 amide bonds. The van der Waals surface area contributed by atoms with E-state index < -0.39 is 5.97 Å². The van der Waals surface area contributed by atoms with Crippen molar-refractivity contribution in [1.29, 1.82) is 0 Å². The Labute approximate surface area is 122 Å². The molecule has 1 saturated heterocycles. The van der Waals surface area contributed by atoms with Gasteiger partial charge in [0.25, 0.3) is 0 Å². The van der Waals surface area contributed by atoms with Gasteiger partial charge in [0.2, 0.25) is 0 Å². The molecule has 0 radical (unpaired) electrons. The van der Waals surface area contributed by atoms with Gasteiger partial charge in [-0.2, -0.15) is 0 Å². The van der Waals surface area contributed by atoms with Crippen molar-refractivity contribution >= 4 is 21.9 Å². The Morgan fingerprint density at radius 3 is 2.63 bits per heavy atom. The van der Waals surface area contributed by atoms with Gasteiger partial charge in [-0.25, -0.2) is 0 Å². The van der Waals surface area contributed by atoms with Crippen LogP contribution in [0.1, 0.15) is 37.7 Å². The van der Waals surface area contributed by atoms with E-state index in [0.29, 0.717) is 12.0 Å². The second-order valence-electron chi connectivity index (χ2n) is 5.12. The summed E-state index contributed by atoms with van der Waals surface area (Å²) in [6.45, 7) is 2.88. The maximum Gasteiger partial charge on any atom is 0.303 e. The largest absolute Gasteiger partial charge is 0.481 e. The topological polar surface area (TPSA) is 46.5 Å². The first-order valence-corrected chi connectivity index (χ1v) is 7.48. The number of carboxylic acids is 1. The van der Waals surface area contributed by atoms with Crippen LogP contribution in [0.3, 0.4) is 0 Å². The monoisotopic (exact) mass is 326 g/mol. The predicted octanol–water partition coefficient (Wildman–Crippen LogP) is 3.82. The van der Waals surface area contributed by atoms with Gasteiger partial charge in [0.1, 0.15) is 0 Å². The lowest BCUT2D eigenvalue weighted by molar-refractivity contribution is -0.139. The van der Waals surface area contributed by atoms with E-state index in [1.807, 2.05) is 24.3 Å². The van der Waals surface area contributed by atoms with Gasteiger partial charge in [0.05, 0.1) is 19.1 Å². The fourth-order valence-electron chi connectivity index (χ4n) is 2.69. The molecular weight excluding hydrogens is 308 g/mol. The van der Waals surface area contributed by atoms with Crippen LogP contribution in [-0.4, -0.2) is 23.8 Å². The lowest BCUT2D eigenvalue weighted by Gasteiger charge is -2.38. The average molecular weight is 327 g/mol. The Balaban J connectivity index is 2.07. The zero-order chi connectivity index (χ0) is 13.8. The fourth-order valence-corrected chi connectivity index (χ4v) is 2.95. The van der Waals surface area contributed by atoms with Crippen molar-refractivity contribution in [2.75, 3.05) is 6.61 Å². The molecule has 1 aromatic carbocycles. The molecule has 2 rings (SSSR count). The summed E-state index contributed by atoms with van der Waals surface area (Å²) in [5.41, 5.74) is 1.10. The summed E-state index contributed by atoms with van der Waals surface area (Å²) in [7, 11) is 0. The van der Waals surface area contributed by atoms with Crippen LogP contribution >= 0.6 is 15.9 Å². The Hall–Kier alpha value is -0.870. The van der Waals surface area contributed by atoms with E-state index in [9.17, 15) is 4.79 Å². The predicted molar refractivity (Wildman–Crippen MR) is 77.3 cm³/mol. The van der Waals surface area contributed by atoms with Crippen molar-refractivity contribution < 1.29 is 14.6 Å². The standard InChI is InChI=1S/C15H19BrO3/c1-2-14-12(9-19-14)7-11(8-15(17)18)10-3-5-13(16)6-4-10/h3-6,11-12,14H,2,7-9H2,1H3,(H,17,18). The summed E-state index contributed by atoms with van der Waals surface area (Å²) >= 11 is 3.41. The third kappa shape index (κ3) is 3.80. The molecule has 1 heterocycles. The molecule has 1 N–H and O–H groups in total. The van der Waals surface area contributed by atoms with Gasteiger partial charge in [-0.05, 0) is 36.5 Å². The highest BCUT2D eigenvalue weighted by molar-refractivity contribution is 9.10. The zero-order valence-electron chi connectivity index (χ0n) is 11.0. The van der Waals surface area contributed by atoms with Gasteiger partial charge in [0.15, 0.2) is 0 Å². The molecule has 0 aliphatic carbocycles. The average Bonchev–Trinajstić information content (AvgIpc) is 2.34. The smallest absolute Gasteiger partial charge is 0.303 e. The van der Waals surface area contributed by atoms with Crippen molar-refractivity contribution in [3.63, 3.8) is 0 Å². The molecule has 1 aliphatic rings. The van der Waals surface area contributed by atoms with Crippen LogP contribution in [0.15, 0.2) is 28.7 Å². The number of carboxylic acid groups (broad SMARTS) is 1. The van der Waals surface area contributed by atoms with Gasteiger partial charge < -0.3 is 9.84 Å². The van der Waals surface area contributed by atoms with E-state index >= 15 is 0 Å². The second-order valence-corrected chi connectivity index (χ2v) is 6.04. The quantitative estimate of drug-likeness (QED) is 0.864. The zero-order valence-corrected chi connectivity index (χ0v) is 12.6. The number of aliphatic carboxylic acids is 1. The van der Waals surface area contributed by atoms with Crippen molar-refractivity contribution in [2.45, 2.75) is 38.2 Å². The van der Waals surface area contributed by atoms with E-state index in [4.69, 9.17) is 9.84 Å². The third-order valence-electron chi connectivity index (χ3n) is 3.80. The molecule has 3 nitrogen and oxygen atoms in total. The summed E-state index contributed by atoms with van der Waals surface area (Å²) in [5.74, 6) is -0.159. The molecule has 3 unspecified atom stereocenters. The minimum absolute atomic E-state index is 0.0774. The maximum atomic E-state index is 11.0. The lowest BCUT2D eigenvalue weighted by atomic mass is 9.81. The first-order valence-electron chi connectivity index (χ1n) is 6.69. The molecular formula is C15H19BrO3. The van der Waals surface area contributed by atoms with E-state index in [2.05, 4.69) is 22.9 Å². The molecule has 0 spiro atoms. The highest BCUT2D eigenvalue weighted by atomic mass is 79.9. The number of rotatable bonds is 6. The van der Waals surface area contributed by atoms with Crippen LogP contribution in [-0.2, 0) is 9.53 Å². The van der Waals surface area contributed by atoms with Gasteiger partial charge in [-0.3, -0.25) is 4.79 Å². The fraction of sp³-hybridized carbons (Fsp3) is 0.533. The summed E-state index contributed by atoms with van der Waals surface area (Å²) < 4.78 is 6.52. The lowest BCUT2D eigenvalue weighted by Crippen LogP contribution is -2.40.